The van der Waals surface area contributed by atoms with Crippen LogP contribution in [-0.4, -0.2) is 52.7 Å². The van der Waals surface area contributed by atoms with Gasteiger partial charge in [0.15, 0.2) is 0 Å². The van der Waals surface area contributed by atoms with Gasteiger partial charge in [0.05, 0.1) is 12.1 Å². The molecule has 0 saturated carbocycles. The molecule has 0 atom stereocenters. The van der Waals surface area contributed by atoms with E-state index >= 15 is 0 Å². The zero-order valence-electron chi connectivity index (χ0n) is 17.8. The highest BCUT2D eigenvalue weighted by atomic mass is 32.1. The highest BCUT2D eigenvalue weighted by Gasteiger charge is 2.42. The molecule has 2 amide bonds. The second-order valence-corrected chi connectivity index (χ2v) is 9.08. The third kappa shape index (κ3) is 4.11. The van der Waals surface area contributed by atoms with Gasteiger partial charge in [-0.15, -0.1) is 11.3 Å². The van der Waals surface area contributed by atoms with Crippen molar-refractivity contribution in [2.75, 3.05) is 26.2 Å². The van der Waals surface area contributed by atoms with Crippen molar-refractivity contribution < 1.29 is 9.59 Å². The smallest absolute Gasteiger partial charge is 0.278 e. The minimum Gasteiger partial charge on any atom is -0.364 e. The summed E-state index contributed by atoms with van der Waals surface area (Å²) in [5.74, 6) is -0.373. The zero-order chi connectivity index (χ0) is 21.9. The molecule has 2 aliphatic heterocycles. The SMILES string of the molecule is O=C1C(c2cccs2)=C(N2CCN(Cc3ccccc3)CC2)C(=O)N1Cc1ccccc1. The average Bonchev–Trinajstić information content (AvgIpc) is 3.44. The molecular weight excluding hydrogens is 418 g/mol. The highest BCUT2D eigenvalue weighted by Crippen LogP contribution is 2.35. The van der Waals surface area contributed by atoms with Gasteiger partial charge >= 0.3 is 0 Å². The predicted octanol–water partition coefficient (Wildman–Crippen LogP) is 3.85. The molecule has 1 aromatic heterocycles. The lowest BCUT2D eigenvalue weighted by Crippen LogP contribution is -2.47. The molecule has 0 N–H and O–H groups in total. The van der Waals surface area contributed by atoms with Crippen LogP contribution in [0.1, 0.15) is 16.0 Å². The summed E-state index contributed by atoms with van der Waals surface area (Å²) in [5.41, 5.74) is 3.36. The maximum absolute atomic E-state index is 13.5. The van der Waals surface area contributed by atoms with E-state index in [2.05, 4.69) is 34.1 Å². The van der Waals surface area contributed by atoms with E-state index in [0.29, 0.717) is 17.8 Å². The second kappa shape index (κ2) is 9.10. The summed E-state index contributed by atoms with van der Waals surface area (Å²) in [7, 11) is 0. The standard InChI is InChI=1S/C26H25N3O2S/c30-25-23(22-12-7-17-32-22)24(26(31)29(25)19-21-10-5-2-6-11-21)28-15-13-27(14-16-28)18-20-8-3-1-4-9-20/h1-12,17H,13-16,18-19H2. The number of carbonyl (C=O) groups excluding carboxylic acids is 2. The average molecular weight is 444 g/mol. The van der Waals surface area contributed by atoms with Crippen molar-refractivity contribution in [1.29, 1.82) is 0 Å². The largest absolute Gasteiger partial charge is 0.364 e. The molecule has 162 valence electrons. The van der Waals surface area contributed by atoms with Crippen LogP contribution in [0.4, 0.5) is 0 Å². The van der Waals surface area contributed by atoms with Crippen LogP contribution in [0, 0.1) is 0 Å². The van der Waals surface area contributed by atoms with Crippen LogP contribution in [0.3, 0.4) is 0 Å². The van der Waals surface area contributed by atoms with Crippen LogP contribution in [-0.2, 0) is 22.7 Å². The second-order valence-electron chi connectivity index (χ2n) is 8.13. The summed E-state index contributed by atoms with van der Waals surface area (Å²) in [6.07, 6.45) is 0. The van der Waals surface area contributed by atoms with E-state index in [9.17, 15) is 9.59 Å². The Hall–Kier alpha value is -3.22. The van der Waals surface area contributed by atoms with Crippen molar-refractivity contribution in [2.24, 2.45) is 0 Å². The lowest BCUT2D eigenvalue weighted by atomic mass is 10.1. The minimum absolute atomic E-state index is 0.182. The Bertz CT molecular complexity index is 1120. The van der Waals surface area contributed by atoms with Gasteiger partial charge in [0.25, 0.3) is 11.8 Å². The minimum atomic E-state index is -0.192. The number of piperazine rings is 1. The molecule has 3 heterocycles. The summed E-state index contributed by atoms with van der Waals surface area (Å²) in [5, 5.41) is 1.95. The summed E-state index contributed by atoms with van der Waals surface area (Å²) >= 11 is 1.51. The molecule has 5 rings (SSSR count). The molecular formula is C26H25N3O2S. The molecule has 1 saturated heterocycles. The molecule has 0 spiro atoms. The molecule has 2 aromatic carbocycles. The fourth-order valence-corrected chi connectivity index (χ4v) is 5.14. The molecule has 6 heteroatoms. The Morgan fingerprint density at radius 1 is 0.688 bits per heavy atom. The Morgan fingerprint density at radius 3 is 1.91 bits per heavy atom. The van der Waals surface area contributed by atoms with Crippen molar-refractivity contribution in [1.82, 2.24) is 14.7 Å². The first kappa shape index (κ1) is 20.7. The van der Waals surface area contributed by atoms with Crippen LogP contribution in [0.2, 0.25) is 0 Å². The predicted molar refractivity (Wildman–Crippen MR) is 127 cm³/mol. The van der Waals surface area contributed by atoms with Gasteiger partial charge in [0, 0.05) is 37.6 Å². The third-order valence-corrected chi connectivity index (χ3v) is 6.92. The monoisotopic (exact) mass is 443 g/mol. The third-order valence-electron chi connectivity index (χ3n) is 6.03. The number of amides is 2. The topological polar surface area (TPSA) is 43.9 Å². The van der Waals surface area contributed by atoms with E-state index in [1.165, 1.54) is 21.8 Å². The van der Waals surface area contributed by atoms with Crippen LogP contribution in [0.15, 0.2) is 83.9 Å². The fraction of sp³-hybridized carbons (Fsp3) is 0.231. The summed E-state index contributed by atoms with van der Waals surface area (Å²) in [4.78, 5) is 33.7. The Kier molecular flexibility index (Phi) is 5.88. The van der Waals surface area contributed by atoms with Gasteiger partial charge in [-0.1, -0.05) is 66.7 Å². The number of hydrogen-bond donors (Lipinski definition) is 0. The Morgan fingerprint density at radius 2 is 1.31 bits per heavy atom. The molecule has 0 aliphatic carbocycles. The maximum atomic E-state index is 13.5. The first-order chi connectivity index (χ1) is 15.7. The van der Waals surface area contributed by atoms with Crippen LogP contribution in [0.25, 0.3) is 5.57 Å². The van der Waals surface area contributed by atoms with E-state index in [1.807, 2.05) is 53.9 Å². The van der Waals surface area contributed by atoms with Crippen molar-refractivity contribution in [3.05, 3.63) is 99.9 Å². The summed E-state index contributed by atoms with van der Waals surface area (Å²) in [6, 6.07) is 24.0. The number of rotatable bonds is 6. The molecule has 32 heavy (non-hydrogen) atoms. The van der Waals surface area contributed by atoms with Gasteiger partial charge in [0.1, 0.15) is 5.70 Å². The fourth-order valence-electron chi connectivity index (χ4n) is 4.38. The zero-order valence-corrected chi connectivity index (χ0v) is 18.6. The van der Waals surface area contributed by atoms with E-state index in [1.54, 1.807) is 0 Å². The number of benzene rings is 2. The number of nitrogens with zero attached hydrogens (tertiary/aromatic N) is 3. The van der Waals surface area contributed by atoms with Gasteiger partial charge in [-0.05, 0) is 22.6 Å². The Balaban J connectivity index is 1.37. The number of hydrogen-bond acceptors (Lipinski definition) is 5. The van der Waals surface area contributed by atoms with Crippen molar-refractivity contribution in [3.8, 4) is 0 Å². The quantitative estimate of drug-likeness (QED) is 0.543. The number of imide groups is 1. The van der Waals surface area contributed by atoms with Crippen molar-refractivity contribution >= 4 is 28.7 Å². The summed E-state index contributed by atoms with van der Waals surface area (Å²) < 4.78 is 0. The molecule has 5 nitrogen and oxygen atoms in total. The van der Waals surface area contributed by atoms with Crippen LogP contribution >= 0.6 is 11.3 Å². The van der Waals surface area contributed by atoms with Crippen LogP contribution < -0.4 is 0 Å². The lowest BCUT2D eigenvalue weighted by molar-refractivity contribution is -0.138. The van der Waals surface area contributed by atoms with Gasteiger partial charge in [-0.25, -0.2) is 0 Å². The number of carbonyl (C=O) groups is 2. The number of thiophene rings is 1. The van der Waals surface area contributed by atoms with E-state index in [-0.39, 0.29) is 11.8 Å². The van der Waals surface area contributed by atoms with Gasteiger partial charge in [-0.2, -0.15) is 0 Å². The molecule has 0 radical (unpaired) electrons. The van der Waals surface area contributed by atoms with Crippen molar-refractivity contribution in [3.63, 3.8) is 0 Å². The van der Waals surface area contributed by atoms with Crippen molar-refractivity contribution in [2.45, 2.75) is 13.1 Å². The first-order valence-corrected chi connectivity index (χ1v) is 11.8. The van der Waals surface area contributed by atoms with Gasteiger partial charge < -0.3 is 4.90 Å². The van der Waals surface area contributed by atoms with E-state index in [0.717, 1.165) is 43.2 Å². The summed E-state index contributed by atoms with van der Waals surface area (Å²) in [6.45, 7) is 4.38. The van der Waals surface area contributed by atoms with Gasteiger partial charge in [0.2, 0.25) is 0 Å². The normalized spacial score (nSPS) is 17.5. The Labute approximate surface area is 192 Å². The molecule has 0 bridgehead atoms. The van der Waals surface area contributed by atoms with E-state index in [4.69, 9.17) is 0 Å². The molecule has 1 fully saturated rings. The lowest BCUT2D eigenvalue weighted by Gasteiger charge is -2.36. The molecule has 3 aromatic rings. The molecule has 0 unspecified atom stereocenters. The first-order valence-electron chi connectivity index (χ1n) is 10.9. The molecule has 2 aliphatic rings. The van der Waals surface area contributed by atoms with E-state index < -0.39 is 0 Å². The van der Waals surface area contributed by atoms with Gasteiger partial charge in [-0.3, -0.25) is 19.4 Å². The highest BCUT2D eigenvalue weighted by molar-refractivity contribution is 7.11. The maximum Gasteiger partial charge on any atom is 0.278 e. The van der Waals surface area contributed by atoms with Crippen LogP contribution in [0.5, 0.6) is 0 Å².